The fourth-order valence-corrected chi connectivity index (χ4v) is 4.43. The van der Waals surface area contributed by atoms with E-state index < -0.39 is 0 Å². The Morgan fingerprint density at radius 2 is 1.61 bits per heavy atom. The number of ether oxygens (including phenoxy) is 1. The number of halogens is 2. The minimum atomic E-state index is -0.254. The minimum Gasteiger partial charge on any atom is -0.497 e. The molecule has 0 saturated carbocycles. The van der Waals surface area contributed by atoms with Crippen LogP contribution in [0.5, 0.6) is 5.75 Å². The molecule has 3 aromatic carbocycles. The Hall–Kier alpha value is -3.25. The molecule has 0 fully saturated rings. The van der Waals surface area contributed by atoms with Gasteiger partial charge >= 0.3 is 0 Å². The van der Waals surface area contributed by atoms with Crippen LogP contribution in [0.4, 0.5) is 0 Å². The molecule has 0 saturated heterocycles. The maximum absolute atomic E-state index is 12.6. The van der Waals surface area contributed by atoms with Crippen LogP contribution in [0.1, 0.15) is 33.0 Å². The van der Waals surface area contributed by atoms with Gasteiger partial charge in [-0.3, -0.25) is 9.69 Å². The molecule has 1 N–H and O–H groups in total. The van der Waals surface area contributed by atoms with E-state index in [1.165, 1.54) is 5.56 Å². The van der Waals surface area contributed by atoms with Crippen LogP contribution in [-0.2, 0) is 26.1 Å². The van der Waals surface area contributed by atoms with Crippen molar-refractivity contribution in [3.8, 4) is 5.75 Å². The van der Waals surface area contributed by atoms with Crippen molar-refractivity contribution in [3.05, 3.63) is 123 Å². The van der Waals surface area contributed by atoms with Gasteiger partial charge in [0.2, 0.25) is 0 Å². The van der Waals surface area contributed by atoms with Crippen LogP contribution in [0.2, 0.25) is 10.0 Å². The topological polar surface area (TPSA) is 54.7 Å². The van der Waals surface area contributed by atoms with Gasteiger partial charge in [0.25, 0.3) is 5.91 Å². The molecule has 7 heteroatoms. The van der Waals surface area contributed by atoms with Crippen LogP contribution in [0.25, 0.3) is 0 Å². The van der Waals surface area contributed by atoms with Gasteiger partial charge in [-0.05, 0) is 59.5 Å². The van der Waals surface area contributed by atoms with E-state index in [9.17, 15) is 4.79 Å². The molecule has 0 aliphatic rings. The molecule has 0 aliphatic carbocycles. The second kappa shape index (κ2) is 12.6. The normalized spacial score (nSPS) is 11.0. The maximum Gasteiger partial charge on any atom is 0.287 e. The number of amides is 1. The maximum atomic E-state index is 12.6. The highest BCUT2D eigenvalue weighted by atomic mass is 35.5. The van der Waals surface area contributed by atoms with Gasteiger partial charge in [-0.1, -0.05) is 71.7 Å². The summed E-state index contributed by atoms with van der Waals surface area (Å²) in [6.45, 7) is 2.47. The molecule has 0 radical (unpaired) electrons. The Labute approximate surface area is 221 Å². The molecule has 0 bridgehead atoms. The fourth-order valence-electron chi connectivity index (χ4n) is 3.93. The third kappa shape index (κ3) is 7.37. The Morgan fingerprint density at radius 1 is 0.889 bits per heavy atom. The predicted molar refractivity (Wildman–Crippen MR) is 144 cm³/mol. The number of carbonyl (C=O) groups excluding carboxylic acids is 1. The third-order valence-corrected chi connectivity index (χ3v) is 6.36. The minimum absolute atomic E-state index is 0.254. The average Bonchev–Trinajstić information content (AvgIpc) is 3.35. The highest BCUT2D eigenvalue weighted by Crippen LogP contribution is 2.21. The number of benzene rings is 3. The number of nitrogens with zero attached hydrogens (tertiary/aromatic N) is 1. The lowest BCUT2D eigenvalue weighted by molar-refractivity contribution is 0.0922. The van der Waals surface area contributed by atoms with Gasteiger partial charge in [-0.25, -0.2) is 0 Å². The molecule has 1 amide bonds. The lowest BCUT2D eigenvalue weighted by atomic mass is 10.1. The van der Waals surface area contributed by atoms with E-state index in [-0.39, 0.29) is 11.7 Å². The zero-order chi connectivity index (χ0) is 25.3. The number of methoxy groups -OCH3 is 1. The summed E-state index contributed by atoms with van der Waals surface area (Å²) in [6, 6.07) is 27.3. The molecule has 0 spiro atoms. The summed E-state index contributed by atoms with van der Waals surface area (Å²) in [4.78, 5) is 14.9. The zero-order valence-electron chi connectivity index (χ0n) is 20.0. The van der Waals surface area contributed by atoms with Crippen LogP contribution in [0.15, 0.2) is 89.3 Å². The molecule has 4 rings (SSSR count). The van der Waals surface area contributed by atoms with Gasteiger partial charge in [0.1, 0.15) is 11.5 Å². The summed E-state index contributed by atoms with van der Waals surface area (Å²) < 4.78 is 11.2. The van der Waals surface area contributed by atoms with Crippen molar-refractivity contribution >= 4 is 29.1 Å². The van der Waals surface area contributed by atoms with Crippen LogP contribution in [-0.4, -0.2) is 24.5 Å². The van der Waals surface area contributed by atoms with E-state index in [1.807, 2.05) is 42.5 Å². The van der Waals surface area contributed by atoms with E-state index in [4.69, 9.17) is 32.4 Å². The SMILES string of the molecule is COc1ccc(CN(Cc2ccccc2)Cc2ccc(C(=O)NCCc3ccc(Cl)cc3Cl)o2)cc1. The van der Waals surface area contributed by atoms with E-state index in [0.29, 0.717) is 29.6 Å². The summed E-state index contributed by atoms with van der Waals surface area (Å²) in [6.07, 6.45) is 0.599. The third-order valence-electron chi connectivity index (χ3n) is 5.77. The Balaban J connectivity index is 1.38. The van der Waals surface area contributed by atoms with Crippen molar-refractivity contribution in [2.24, 2.45) is 0 Å². The highest BCUT2D eigenvalue weighted by Gasteiger charge is 2.15. The van der Waals surface area contributed by atoms with Gasteiger partial charge in [0.15, 0.2) is 5.76 Å². The molecule has 186 valence electrons. The van der Waals surface area contributed by atoms with Gasteiger partial charge in [-0.2, -0.15) is 0 Å². The van der Waals surface area contributed by atoms with Crippen LogP contribution in [0, 0.1) is 0 Å². The number of hydrogen-bond acceptors (Lipinski definition) is 4. The fraction of sp³-hybridized carbons (Fsp3) is 0.207. The second-order valence-electron chi connectivity index (χ2n) is 8.49. The lowest BCUT2D eigenvalue weighted by Gasteiger charge is -2.21. The smallest absolute Gasteiger partial charge is 0.287 e. The Morgan fingerprint density at radius 3 is 2.31 bits per heavy atom. The molecule has 1 aromatic heterocycles. The Kier molecular flexibility index (Phi) is 9.06. The van der Waals surface area contributed by atoms with Crippen LogP contribution >= 0.6 is 23.2 Å². The van der Waals surface area contributed by atoms with Gasteiger partial charge in [0, 0.05) is 29.7 Å². The predicted octanol–water partition coefficient (Wildman–Crippen LogP) is 6.77. The molecule has 5 nitrogen and oxygen atoms in total. The second-order valence-corrected chi connectivity index (χ2v) is 9.33. The first-order chi connectivity index (χ1) is 17.5. The number of hydrogen-bond donors (Lipinski definition) is 1. The number of furan rings is 1. The van der Waals surface area contributed by atoms with Crippen molar-refractivity contribution in [1.29, 1.82) is 0 Å². The standard InChI is InChI=1S/C29H28Cl2N2O3/c1-35-25-11-7-22(8-12-25)19-33(18-21-5-3-2-4-6-21)20-26-13-14-28(36-26)29(34)32-16-15-23-9-10-24(30)17-27(23)31/h2-14,17H,15-16,18-20H2,1H3,(H,32,34). The van der Waals surface area contributed by atoms with Crippen molar-refractivity contribution < 1.29 is 13.9 Å². The summed E-state index contributed by atoms with van der Waals surface area (Å²) in [5.41, 5.74) is 3.30. The average molecular weight is 523 g/mol. The molecule has 1 heterocycles. The zero-order valence-corrected chi connectivity index (χ0v) is 21.6. The van der Waals surface area contributed by atoms with Crippen molar-refractivity contribution in [1.82, 2.24) is 10.2 Å². The first-order valence-corrected chi connectivity index (χ1v) is 12.5. The quantitative estimate of drug-likeness (QED) is 0.236. The molecule has 36 heavy (non-hydrogen) atoms. The first-order valence-electron chi connectivity index (χ1n) is 11.7. The van der Waals surface area contributed by atoms with Gasteiger partial charge in [-0.15, -0.1) is 0 Å². The number of carbonyl (C=O) groups is 1. The monoisotopic (exact) mass is 522 g/mol. The summed E-state index contributed by atoms with van der Waals surface area (Å²) in [7, 11) is 1.66. The summed E-state index contributed by atoms with van der Waals surface area (Å²) in [5, 5.41) is 4.07. The molecular weight excluding hydrogens is 495 g/mol. The summed E-state index contributed by atoms with van der Waals surface area (Å²) >= 11 is 12.2. The molecule has 4 aromatic rings. The molecule has 0 aliphatic heterocycles. The van der Waals surface area contributed by atoms with Crippen molar-refractivity contribution in [3.63, 3.8) is 0 Å². The van der Waals surface area contributed by atoms with Gasteiger partial charge < -0.3 is 14.5 Å². The van der Waals surface area contributed by atoms with E-state index >= 15 is 0 Å². The van der Waals surface area contributed by atoms with E-state index in [0.717, 1.165) is 35.7 Å². The van der Waals surface area contributed by atoms with E-state index in [2.05, 4.69) is 34.5 Å². The van der Waals surface area contributed by atoms with Crippen molar-refractivity contribution in [2.75, 3.05) is 13.7 Å². The van der Waals surface area contributed by atoms with Crippen molar-refractivity contribution in [2.45, 2.75) is 26.1 Å². The largest absolute Gasteiger partial charge is 0.497 e. The number of nitrogens with one attached hydrogen (secondary N) is 1. The summed E-state index contributed by atoms with van der Waals surface area (Å²) in [5.74, 6) is 1.59. The molecule has 0 atom stereocenters. The van der Waals surface area contributed by atoms with Crippen LogP contribution in [0.3, 0.4) is 0 Å². The highest BCUT2D eigenvalue weighted by molar-refractivity contribution is 6.35. The number of rotatable bonds is 11. The lowest BCUT2D eigenvalue weighted by Crippen LogP contribution is -2.25. The first kappa shape index (κ1) is 25.8. The molecule has 0 unspecified atom stereocenters. The van der Waals surface area contributed by atoms with Gasteiger partial charge in [0.05, 0.1) is 13.7 Å². The van der Waals surface area contributed by atoms with Crippen LogP contribution < -0.4 is 10.1 Å². The molecular formula is C29H28Cl2N2O3. The Bertz CT molecular complexity index is 1270. The van der Waals surface area contributed by atoms with E-state index in [1.54, 1.807) is 25.3 Å².